The van der Waals surface area contributed by atoms with E-state index in [1.165, 1.54) is 6.33 Å². The van der Waals surface area contributed by atoms with Crippen molar-refractivity contribution in [2.45, 2.75) is 45.6 Å². The van der Waals surface area contributed by atoms with Crippen molar-refractivity contribution in [2.75, 3.05) is 29.9 Å². The third-order valence-corrected chi connectivity index (χ3v) is 6.74. The molecule has 0 saturated carbocycles. The first-order valence-electron chi connectivity index (χ1n) is 11.6. The first kappa shape index (κ1) is 21.4. The molecule has 9 heteroatoms. The van der Waals surface area contributed by atoms with Gasteiger partial charge in [0.2, 0.25) is 11.7 Å². The topological polar surface area (TPSA) is 105 Å². The van der Waals surface area contributed by atoms with Gasteiger partial charge >= 0.3 is 0 Å². The molecule has 1 fully saturated rings. The lowest BCUT2D eigenvalue weighted by atomic mass is 9.73. The number of fused-ring (bicyclic) bond motifs is 3. The van der Waals surface area contributed by atoms with Crippen LogP contribution in [-0.4, -0.2) is 51.0 Å². The molecule has 1 aromatic carbocycles. The number of carbonyl (C=O) groups excluding carboxylic acids is 2. The fraction of sp³-hybridized carbons (Fsp3) is 0.458. The Morgan fingerprint density at radius 2 is 1.97 bits per heavy atom. The molecule has 1 saturated heterocycles. The van der Waals surface area contributed by atoms with Crippen molar-refractivity contribution in [1.29, 1.82) is 0 Å². The highest BCUT2D eigenvalue weighted by molar-refractivity contribution is 6.06. The molecule has 0 aliphatic carbocycles. The Labute approximate surface area is 192 Å². The summed E-state index contributed by atoms with van der Waals surface area (Å²) in [6.45, 7) is 8.59. The molecule has 3 aromatic rings. The number of piperidine rings is 1. The normalized spacial score (nSPS) is 17.0. The van der Waals surface area contributed by atoms with Crippen LogP contribution in [0.5, 0.6) is 0 Å². The van der Waals surface area contributed by atoms with Crippen LogP contribution < -0.4 is 15.5 Å². The van der Waals surface area contributed by atoms with Gasteiger partial charge in [-0.05, 0) is 37.3 Å². The van der Waals surface area contributed by atoms with Gasteiger partial charge in [-0.15, -0.1) is 0 Å². The number of hydrogen-bond acceptors (Lipinski definition) is 6. The Hall–Kier alpha value is -3.49. The molecule has 0 unspecified atom stereocenters. The van der Waals surface area contributed by atoms with E-state index in [2.05, 4.69) is 50.4 Å². The van der Waals surface area contributed by atoms with E-state index in [4.69, 9.17) is 0 Å². The number of imidazole rings is 1. The molecule has 33 heavy (non-hydrogen) atoms. The summed E-state index contributed by atoms with van der Waals surface area (Å²) in [6, 6.07) is 7.95. The molecular formula is C24H29N7O2. The van der Waals surface area contributed by atoms with Crippen LogP contribution in [0.4, 0.5) is 11.5 Å². The molecule has 0 bridgehead atoms. The Kier molecular flexibility index (Phi) is 5.26. The molecule has 2 N–H and O–H groups in total. The molecule has 2 aromatic heterocycles. The maximum absolute atomic E-state index is 12.9. The van der Waals surface area contributed by atoms with Crippen molar-refractivity contribution in [1.82, 2.24) is 24.8 Å². The average molecular weight is 448 g/mol. The van der Waals surface area contributed by atoms with Gasteiger partial charge in [0.1, 0.15) is 6.33 Å². The van der Waals surface area contributed by atoms with E-state index >= 15 is 0 Å². The second kappa shape index (κ2) is 8.13. The van der Waals surface area contributed by atoms with Gasteiger partial charge in [0, 0.05) is 31.9 Å². The number of carbonyl (C=O) groups is 2. The van der Waals surface area contributed by atoms with Crippen molar-refractivity contribution in [3.63, 3.8) is 0 Å². The number of benzene rings is 1. The zero-order valence-corrected chi connectivity index (χ0v) is 19.3. The van der Waals surface area contributed by atoms with Crippen LogP contribution in [0.15, 0.2) is 30.6 Å². The van der Waals surface area contributed by atoms with Crippen molar-refractivity contribution < 1.29 is 9.59 Å². The van der Waals surface area contributed by atoms with Crippen LogP contribution >= 0.6 is 0 Å². The van der Waals surface area contributed by atoms with Crippen LogP contribution in [-0.2, 0) is 16.8 Å². The van der Waals surface area contributed by atoms with Crippen molar-refractivity contribution in [3.05, 3.63) is 42.0 Å². The Morgan fingerprint density at radius 3 is 2.70 bits per heavy atom. The molecule has 2 aliphatic heterocycles. The van der Waals surface area contributed by atoms with Gasteiger partial charge in [-0.2, -0.15) is 0 Å². The summed E-state index contributed by atoms with van der Waals surface area (Å²) in [6.07, 6.45) is 2.92. The highest BCUT2D eigenvalue weighted by atomic mass is 16.2. The number of para-hydroxylation sites is 1. The maximum atomic E-state index is 12.9. The average Bonchev–Trinajstić information content (AvgIpc) is 3.33. The summed E-state index contributed by atoms with van der Waals surface area (Å²) in [5.74, 6) is 1.29. The number of amides is 2. The largest absolute Gasteiger partial charge is 0.355 e. The summed E-state index contributed by atoms with van der Waals surface area (Å²) in [7, 11) is 0. The van der Waals surface area contributed by atoms with Gasteiger partial charge in [0.05, 0.1) is 5.41 Å². The minimum Gasteiger partial charge on any atom is -0.355 e. The minimum absolute atomic E-state index is 0.0792. The minimum atomic E-state index is -0.496. The van der Waals surface area contributed by atoms with Crippen LogP contribution in [0.1, 0.15) is 49.8 Å². The summed E-state index contributed by atoms with van der Waals surface area (Å²) < 4.78 is 1.84. The van der Waals surface area contributed by atoms with Crippen LogP contribution in [0, 0.1) is 5.92 Å². The fourth-order valence-corrected chi connectivity index (χ4v) is 4.98. The number of nitrogens with one attached hydrogen (secondary N) is 2. The number of anilines is 2. The third-order valence-electron chi connectivity index (χ3n) is 6.74. The maximum Gasteiger partial charge on any atom is 0.287 e. The quantitative estimate of drug-likeness (QED) is 0.623. The van der Waals surface area contributed by atoms with E-state index in [9.17, 15) is 9.59 Å². The van der Waals surface area contributed by atoms with Gasteiger partial charge in [0.15, 0.2) is 17.0 Å². The number of rotatable bonds is 5. The fourth-order valence-electron chi connectivity index (χ4n) is 4.98. The van der Waals surface area contributed by atoms with Crippen molar-refractivity contribution in [2.24, 2.45) is 5.92 Å². The van der Waals surface area contributed by atoms with Crippen molar-refractivity contribution >= 4 is 34.5 Å². The number of aromatic nitrogens is 4. The third kappa shape index (κ3) is 3.42. The van der Waals surface area contributed by atoms with Gasteiger partial charge in [-0.1, -0.05) is 32.0 Å². The lowest BCUT2D eigenvalue weighted by Gasteiger charge is -2.38. The van der Waals surface area contributed by atoms with E-state index in [1.807, 2.05) is 29.7 Å². The zero-order valence-electron chi connectivity index (χ0n) is 19.3. The first-order chi connectivity index (χ1) is 15.9. The van der Waals surface area contributed by atoms with Crippen LogP contribution in [0.3, 0.4) is 0 Å². The first-order valence-corrected chi connectivity index (χ1v) is 11.6. The molecule has 9 nitrogen and oxygen atoms in total. The molecular weight excluding hydrogens is 418 g/mol. The van der Waals surface area contributed by atoms with E-state index in [1.54, 1.807) is 0 Å². The standard InChI is InChI=1S/C24H29N7O2/c1-4-31-20-18(29-21(31)22(32)25-13-15(2)3)19(26-14-27-20)30-11-9-24(10-12-30)16-7-5-6-8-17(16)28-23(24)33/h5-8,14-15H,4,9-13H2,1-3H3,(H,25,32)(H,28,33). The second-order valence-electron chi connectivity index (χ2n) is 9.22. The van der Waals surface area contributed by atoms with E-state index < -0.39 is 5.41 Å². The molecule has 172 valence electrons. The molecule has 4 heterocycles. The summed E-state index contributed by atoms with van der Waals surface area (Å²) >= 11 is 0. The highest BCUT2D eigenvalue weighted by Crippen LogP contribution is 2.45. The van der Waals surface area contributed by atoms with E-state index in [0.29, 0.717) is 67.7 Å². The molecule has 5 rings (SSSR count). The summed E-state index contributed by atoms with van der Waals surface area (Å²) in [4.78, 5) is 41.5. The number of aryl methyl sites for hydroxylation is 1. The van der Waals surface area contributed by atoms with Crippen LogP contribution in [0.2, 0.25) is 0 Å². The molecule has 2 amide bonds. The molecule has 0 radical (unpaired) electrons. The Morgan fingerprint density at radius 1 is 1.21 bits per heavy atom. The predicted molar refractivity (Wildman–Crippen MR) is 126 cm³/mol. The van der Waals surface area contributed by atoms with E-state index in [0.717, 1.165) is 11.3 Å². The van der Waals surface area contributed by atoms with Crippen LogP contribution in [0.25, 0.3) is 11.2 Å². The Bertz CT molecular complexity index is 1220. The number of nitrogens with zero attached hydrogens (tertiary/aromatic N) is 5. The van der Waals surface area contributed by atoms with Crippen molar-refractivity contribution in [3.8, 4) is 0 Å². The smallest absolute Gasteiger partial charge is 0.287 e. The van der Waals surface area contributed by atoms with Gasteiger partial charge < -0.3 is 20.1 Å². The van der Waals surface area contributed by atoms with Gasteiger partial charge in [0.25, 0.3) is 5.91 Å². The molecule has 2 aliphatic rings. The highest BCUT2D eigenvalue weighted by Gasteiger charge is 2.48. The molecule has 1 spiro atoms. The summed E-state index contributed by atoms with van der Waals surface area (Å²) in [5, 5.41) is 6.00. The lowest BCUT2D eigenvalue weighted by Crippen LogP contribution is -2.46. The zero-order chi connectivity index (χ0) is 23.2. The summed E-state index contributed by atoms with van der Waals surface area (Å²) in [5.41, 5.74) is 2.79. The predicted octanol–water partition coefficient (Wildman–Crippen LogP) is 2.72. The SMILES string of the molecule is CCn1c(C(=O)NCC(C)C)nc2c(N3CCC4(CC3)C(=O)Nc3ccccc34)ncnc21. The molecule has 0 atom stereocenters. The monoisotopic (exact) mass is 447 g/mol. The number of hydrogen-bond donors (Lipinski definition) is 2. The van der Waals surface area contributed by atoms with E-state index in [-0.39, 0.29) is 11.8 Å². The second-order valence-corrected chi connectivity index (χ2v) is 9.22. The Balaban J connectivity index is 1.45. The van der Waals surface area contributed by atoms with Gasteiger partial charge in [-0.25, -0.2) is 15.0 Å². The lowest BCUT2D eigenvalue weighted by molar-refractivity contribution is -0.121. The van der Waals surface area contributed by atoms with Gasteiger partial charge in [-0.3, -0.25) is 9.59 Å².